The molecule has 0 aliphatic carbocycles. The van der Waals surface area contributed by atoms with Crippen LogP contribution in [-0.4, -0.2) is 18.2 Å². The Kier molecular flexibility index (Phi) is 5.18. The number of halogens is 2. The fraction of sp³-hybridized carbons (Fsp3) is 0.357. The van der Waals surface area contributed by atoms with Crippen molar-refractivity contribution >= 4 is 5.97 Å². The Morgan fingerprint density at radius 1 is 1.37 bits per heavy atom. The summed E-state index contributed by atoms with van der Waals surface area (Å²) in [5.74, 6) is -3.19. The molecule has 0 aromatic heterocycles. The largest absolute Gasteiger partial charge is 0.424 e. The third-order valence-electron chi connectivity index (χ3n) is 2.41. The molecule has 19 heavy (non-hydrogen) atoms. The van der Waals surface area contributed by atoms with Gasteiger partial charge in [-0.05, 0) is 12.5 Å². The average molecular weight is 270 g/mol. The number of carbonyl (C=O) groups excluding carboxylic acids is 1. The summed E-state index contributed by atoms with van der Waals surface area (Å²) in [6.07, 6.45) is -2.96. The summed E-state index contributed by atoms with van der Waals surface area (Å²) in [7, 11) is 0. The molecule has 1 rings (SSSR count). The Bertz CT molecular complexity index is 445. The fourth-order valence-electron chi connectivity index (χ4n) is 1.21. The highest BCUT2D eigenvalue weighted by Crippen LogP contribution is 2.24. The molecule has 1 aromatic rings. The number of carbonyl (C=O) groups is 1. The molecular formula is C14H16F2O3. The summed E-state index contributed by atoms with van der Waals surface area (Å²) in [4.78, 5) is 11.3. The first-order chi connectivity index (χ1) is 8.85. The molecule has 5 heteroatoms. The molecule has 0 saturated heterocycles. The molecule has 1 aromatic carbocycles. The van der Waals surface area contributed by atoms with Crippen LogP contribution in [0.5, 0.6) is 0 Å². The van der Waals surface area contributed by atoms with Crippen LogP contribution in [0.4, 0.5) is 8.78 Å². The molecule has 1 unspecified atom stereocenters. The Morgan fingerprint density at radius 3 is 2.42 bits per heavy atom. The van der Waals surface area contributed by atoms with E-state index in [1.54, 1.807) is 30.3 Å². The fourth-order valence-corrected chi connectivity index (χ4v) is 1.21. The van der Waals surface area contributed by atoms with Gasteiger partial charge in [0.25, 0.3) is 5.79 Å². The molecule has 0 saturated carbocycles. The monoisotopic (exact) mass is 270 g/mol. The standard InChI is InChI=1S/C14H16F2O3/c1-10(2)12(17)19-14(3,13(15)16)18-9-11-7-5-4-6-8-11/h4-8,13H,1,9H2,2-3H3. The quantitative estimate of drug-likeness (QED) is 0.452. The lowest BCUT2D eigenvalue weighted by Crippen LogP contribution is -2.42. The van der Waals surface area contributed by atoms with E-state index in [9.17, 15) is 13.6 Å². The molecule has 104 valence electrons. The first-order valence-corrected chi connectivity index (χ1v) is 5.70. The minimum Gasteiger partial charge on any atom is -0.424 e. The van der Waals surface area contributed by atoms with Crippen molar-refractivity contribution in [2.45, 2.75) is 32.7 Å². The SMILES string of the molecule is C=C(C)C(=O)OC(C)(OCc1ccccc1)C(F)F. The van der Waals surface area contributed by atoms with Gasteiger partial charge >= 0.3 is 12.4 Å². The van der Waals surface area contributed by atoms with E-state index in [-0.39, 0.29) is 12.2 Å². The third-order valence-corrected chi connectivity index (χ3v) is 2.41. The maximum absolute atomic E-state index is 13.0. The average Bonchev–Trinajstić information content (AvgIpc) is 2.37. The molecule has 0 bridgehead atoms. The minimum atomic E-state index is -2.96. The molecule has 1 atom stereocenters. The second kappa shape index (κ2) is 6.43. The molecule has 0 aliphatic rings. The van der Waals surface area contributed by atoms with Crippen LogP contribution in [0.25, 0.3) is 0 Å². The van der Waals surface area contributed by atoms with Crippen LogP contribution in [0.3, 0.4) is 0 Å². The van der Waals surface area contributed by atoms with Crippen LogP contribution in [0.15, 0.2) is 42.5 Å². The van der Waals surface area contributed by atoms with Crippen molar-refractivity contribution in [2.24, 2.45) is 0 Å². The van der Waals surface area contributed by atoms with E-state index in [1.807, 2.05) is 0 Å². The molecule has 0 amide bonds. The van der Waals surface area contributed by atoms with Crippen molar-refractivity contribution in [1.82, 2.24) is 0 Å². The summed E-state index contributed by atoms with van der Waals surface area (Å²) in [6.45, 7) is 5.67. The highest BCUT2D eigenvalue weighted by molar-refractivity contribution is 5.87. The molecule has 0 radical (unpaired) electrons. The van der Waals surface area contributed by atoms with Gasteiger partial charge in [-0.15, -0.1) is 0 Å². The maximum Gasteiger partial charge on any atom is 0.335 e. The summed E-state index contributed by atoms with van der Waals surface area (Å²) >= 11 is 0. The van der Waals surface area contributed by atoms with E-state index < -0.39 is 18.2 Å². The van der Waals surface area contributed by atoms with E-state index in [1.165, 1.54) is 6.92 Å². The molecule has 3 nitrogen and oxygen atoms in total. The summed E-state index contributed by atoms with van der Waals surface area (Å²) in [5, 5.41) is 0. The van der Waals surface area contributed by atoms with Crippen molar-refractivity contribution in [3.63, 3.8) is 0 Å². The van der Waals surface area contributed by atoms with Crippen LogP contribution in [0, 0.1) is 0 Å². The topological polar surface area (TPSA) is 35.5 Å². The van der Waals surface area contributed by atoms with Crippen molar-refractivity contribution in [3.8, 4) is 0 Å². The Morgan fingerprint density at radius 2 is 1.95 bits per heavy atom. The Labute approximate surface area is 110 Å². The van der Waals surface area contributed by atoms with Gasteiger partial charge < -0.3 is 9.47 Å². The highest BCUT2D eigenvalue weighted by Gasteiger charge is 2.40. The van der Waals surface area contributed by atoms with Gasteiger partial charge in [0, 0.05) is 12.5 Å². The van der Waals surface area contributed by atoms with Crippen LogP contribution >= 0.6 is 0 Å². The number of ether oxygens (including phenoxy) is 2. The lowest BCUT2D eigenvalue weighted by atomic mass is 10.2. The van der Waals surface area contributed by atoms with Crippen molar-refractivity contribution < 1.29 is 23.0 Å². The van der Waals surface area contributed by atoms with E-state index in [2.05, 4.69) is 11.3 Å². The van der Waals surface area contributed by atoms with Crippen molar-refractivity contribution in [3.05, 3.63) is 48.0 Å². The lowest BCUT2D eigenvalue weighted by molar-refractivity contribution is -0.274. The first-order valence-electron chi connectivity index (χ1n) is 5.70. The molecular weight excluding hydrogens is 254 g/mol. The first kappa shape index (κ1) is 15.3. The summed E-state index contributed by atoms with van der Waals surface area (Å²) in [5.41, 5.74) is 0.746. The number of rotatable bonds is 6. The van der Waals surface area contributed by atoms with Crippen LogP contribution < -0.4 is 0 Å². The Balaban J connectivity index is 2.71. The van der Waals surface area contributed by atoms with Gasteiger partial charge in [0.1, 0.15) is 0 Å². The predicted octanol–water partition coefficient (Wildman–Crippen LogP) is 3.30. The van der Waals surface area contributed by atoms with E-state index in [0.717, 1.165) is 6.92 Å². The van der Waals surface area contributed by atoms with Gasteiger partial charge in [0.2, 0.25) is 0 Å². The molecule has 0 heterocycles. The van der Waals surface area contributed by atoms with Gasteiger partial charge in [-0.25, -0.2) is 13.6 Å². The van der Waals surface area contributed by atoms with E-state index in [4.69, 9.17) is 4.74 Å². The molecule has 0 aliphatic heterocycles. The Hall–Kier alpha value is -1.75. The van der Waals surface area contributed by atoms with Gasteiger partial charge in [-0.3, -0.25) is 0 Å². The van der Waals surface area contributed by atoms with Crippen LogP contribution in [-0.2, 0) is 20.9 Å². The predicted molar refractivity (Wildman–Crippen MR) is 66.5 cm³/mol. The van der Waals surface area contributed by atoms with Crippen molar-refractivity contribution in [2.75, 3.05) is 0 Å². The third kappa shape index (κ3) is 4.44. The minimum absolute atomic E-state index is 0.0372. The van der Waals surface area contributed by atoms with Gasteiger partial charge in [0.05, 0.1) is 6.61 Å². The zero-order valence-corrected chi connectivity index (χ0v) is 10.9. The van der Waals surface area contributed by atoms with E-state index in [0.29, 0.717) is 5.56 Å². The lowest BCUT2D eigenvalue weighted by Gasteiger charge is -2.28. The van der Waals surface area contributed by atoms with Gasteiger partial charge in [-0.1, -0.05) is 36.9 Å². The highest BCUT2D eigenvalue weighted by atomic mass is 19.3. The maximum atomic E-state index is 13.0. The second-order valence-corrected chi connectivity index (χ2v) is 4.26. The number of alkyl halides is 2. The summed E-state index contributed by atoms with van der Waals surface area (Å²) < 4.78 is 35.7. The number of benzene rings is 1. The van der Waals surface area contributed by atoms with Crippen molar-refractivity contribution in [1.29, 1.82) is 0 Å². The molecule has 0 spiro atoms. The number of esters is 1. The smallest absolute Gasteiger partial charge is 0.335 e. The van der Waals surface area contributed by atoms with Crippen LogP contribution in [0.2, 0.25) is 0 Å². The molecule has 0 N–H and O–H groups in total. The summed E-state index contributed by atoms with van der Waals surface area (Å²) in [6, 6.07) is 8.78. The number of hydrogen-bond donors (Lipinski definition) is 0. The second-order valence-electron chi connectivity index (χ2n) is 4.26. The normalized spacial score (nSPS) is 13.9. The number of hydrogen-bond acceptors (Lipinski definition) is 3. The van der Waals surface area contributed by atoms with Crippen LogP contribution in [0.1, 0.15) is 19.4 Å². The zero-order valence-electron chi connectivity index (χ0n) is 10.9. The molecule has 0 fully saturated rings. The van der Waals surface area contributed by atoms with E-state index >= 15 is 0 Å². The van der Waals surface area contributed by atoms with Gasteiger partial charge in [-0.2, -0.15) is 0 Å². The van der Waals surface area contributed by atoms with Gasteiger partial charge in [0.15, 0.2) is 0 Å². The zero-order chi connectivity index (χ0) is 14.5.